The Bertz CT molecular complexity index is 821. The van der Waals surface area contributed by atoms with E-state index in [2.05, 4.69) is 10.3 Å². The van der Waals surface area contributed by atoms with Crippen LogP contribution in [0.25, 0.3) is 10.9 Å². The van der Waals surface area contributed by atoms with E-state index in [-0.39, 0.29) is 23.5 Å². The van der Waals surface area contributed by atoms with Crippen LogP contribution in [0.15, 0.2) is 18.2 Å². The topological polar surface area (TPSA) is 79.0 Å². The summed E-state index contributed by atoms with van der Waals surface area (Å²) in [5, 5.41) is 3.86. The summed E-state index contributed by atoms with van der Waals surface area (Å²) in [6.45, 7) is 3.99. The van der Waals surface area contributed by atoms with Crippen molar-refractivity contribution in [2.24, 2.45) is 0 Å². The average Bonchev–Trinajstić information content (AvgIpc) is 2.90. The van der Waals surface area contributed by atoms with Gasteiger partial charge in [-0.25, -0.2) is 8.42 Å². The number of H-pyrrole nitrogens is 1. The lowest BCUT2D eigenvalue weighted by atomic mass is 10.1. The van der Waals surface area contributed by atoms with E-state index in [1.807, 2.05) is 26.0 Å². The molecule has 1 atom stereocenters. The SMILES string of the molecule is Cc1[nH]c2c(C(=O)N[C@@H]3CCS(=O)(=O)C3)cccc2c1C. The molecule has 1 aromatic heterocycles. The monoisotopic (exact) mass is 306 g/mol. The lowest BCUT2D eigenvalue weighted by Gasteiger charge is -2.11. The molecule has 1 amide bonds. The molecule has 0 aliphatic carbocycles. The van der Waals surface area contributed by atoms with Gasteiger partial charge in [-0.05, 0) is 31.9 Å². The Labute approximate surface area is 123 Å². The first kappa shape index (κ1) is 14.1. The highest BCUT2D eigenvalue weighted by Gasteiger charge is 2.29. The third kappa shape index (κ3) is 2.55. The highest BCUT2D eigenvalue weighted by Crippen LogP contribution is 2.24. The molecule has 2 N–H and O–H groups in total. The van der Waals surface area contributed by atoms with Crippen molar-refractivity contribution in [3.05, 3.63) is 35.0 Å². The highest BCUT2D eigenvalue weighted by atomic mass is 32.2. The van der Waals surface area contributed by atoms with Crippen LogP contribution in [0.4, 0.5) is 0 Å². The number of nitrogens with one attached hydrogen (secondary N) is 2. The molecule has 1 aliphatic heterocycles. The zero-order chi connectivity index (χ0) is 15.2. The number of sulfone groups is 1. The molecular formula is C15H18N2O3S. The normalized spacial score (nSPS) is 20.8. The van der Waals surface area contributed by atoms with Gasteiger partial charge in [-0.1, -0.05) is 12.1 Å². The van der Waals surface area contributed by atoms with Crippen LogP contribution in [0.2, 0.25) is 0 Å². The maximum absolute atomic E-state index is 12.4. The molecule has 0 unspecified atom stereocenters. The van der Waals surface area contributed by atoms with Crippen LogP contribution in [-0.2, 0) is 9.84 Å². The minimum absolute atomic E-state index is 0.0392. The summed E-state index contributed by atoms with van der Waals surface area (Å²) >= 11 is 0. The molecule has 1 fully saturated rings. The van der Waals surface area contributed by atoms with Crippen molar-refractivity contribution in [2.45, 2.75) is 26.3 Å². The van der Waals surface area contributed by atoms with E-state index in [1.54, 1.807) is 6.07 Å². The van der Waals surface area contributed by atoms with E-state index in [4.69, 9.17) is 0 Å². The van der Waals surface area contributed by atoms with Crippen molar-refractivity contribution in [1.82, 2.24) is 10.3 Å². The van der Waals surface area contributed by atoms with Crippen LogP contribution in [-0.4, -0.2) is 36.9 Å². The number of carbonyl (C=O) groups excluding carboxylic acids is 1. The quantitative estimate of drug-likeness (QED) is 0.886. The molecule has 3 rings (SSSR count). The van der Waals surface area contributed by atoms with Crippen LogP contribution in [0.5, 0.6) is 0 Å². The zero-order valence-electron chi connectivity index (χ0n) is 12.1. The summed E-state index contributed by atoms with van der Waals surface area (Å²) in [5.74, 6) is -0.0238. The third-order valence-electron chi connectivity index (χ3n) is 4.16. The van der Waals surface area contributed by atoms with E-state index < -0.39 is 9.84 Å². The molecule has 0 spiro atoms. The predicted molar refractivity (Wildman–Crippen MR) is 82.3 cm³/mol. The molecule has 1 aliphatic rings. The van der Waals surface area contributed by atoms with Crippen molar-refractivity contribution in [1.29, 1.82) is 0 Å². The van der Waals surface area contributed by atoms with Gasteiger partial charge in [-0.15, -0.1) is 0 Å². The number of hydrogen-bond donors (Lipinski definition) is 2. The summed E-state index contributed by atoms with van der Waals surface area (Å²) in [4.78, 5) is 15.7. The molecular weight excluding hydrogens is 288 g/mol. The first-order chi connectivity index (χ1) is 9.87. The summed E-state index contributed by atoms with van der Waals surface area (Å²) in [6.07, 6.45) is 0.493. The van der Waals surface area contributed by atoms with Crippen LogP contribution >= 0.6 is 0 Å². The van der Waals surface area contributed by atoms with Gasteiger partial charge in [0.2, 0.25) is 0 Å². The summed E-state index contributed by atoms with van der Waals surface area (Å²) in [5.41, 5.74) is 3.54. The van der Waals surface area contributed by atoms with E-state index in [1.165, 1.54) is 0 Å². The van der Waals surface area contributed by atoms with E-state index in [0.29, 0.717) is 12.0 Å². The fourth-order valence-electron chi connectivity index (χ4n) is 2.84. The predicted octanol–water partition coefficient (Wildman–Crippen LogP) is 1.70. The van der Waals surface area contributed by atoms with Gasteiger partial charge in [0, 0.05) is 17.1 Å². The van der Waals surface area contributed by atoms with Gasteiger partial charge in [0.25, 0.3) is 5.91 Å². The summed E-state index contributed by atoms with van der Waals surface area (Å²) in [6, 6.07) is 5.31. The minimum Gasteiger partial charge on any atom is -0.358 e. The van der Waals surface area contributed by atoms with Crippen molar-refractivity contribution >= 4 is 26.6 Å². The van der Waals surface area contributed by atoms with Crippen LogP contribution < -0.4 is 5.32 Å². The standard InChI is InChI=1S/C15H18N2O3S/c1-9-10(2)16-14-12(9)4-3-5-13(14)15(18)17-11-6-7-21(19,20)8-11/h3-5,11,16H,6-8H2,1-2H3,(H,17,18)/t11-/m1/s1. The number of rotatable bonds is 2. The number of hydrogen-bond acceptors (Lipinski definition) is 3. The second-order valence-electron chi connectivity index (χ2n) is 5.68. The lowest BCUT2D eigenvalue weighted by Crippen LogP contribution is -2.35. The zero-order valence-corrected chi connectivity index (χ0v) is 12.9. The van der Waals surface area contributed by atoms with E-state index in [9.17, 15) is 13.2 Å². The molecule has 2 heterocycles. The van der Waals surface area contributed by atoms with Crippen LogP contribution in [0.1, 0.15) is 28.0 Å². The number of benzene rings is 1. The minimum atomic E-state index is -2.99. The Morgan fingerprint density at radius 3 is 2.76 bits per heavy atom. The molecule has 0 radical (unpaired) electrons. The molecule has 112 valence electrons. The second-order valence-corrected chi connectivity index (χ2v) is 7.91. The van der Waals surface area contributed by atoms with Crippen molar-refractivity contribution in [3.63, 3.8) is 0 Å². The molecule has 6 heteroatoms. The number of para-hydroxylation sites is 1. The Hall–Kier alpha value is -1.82. The fourth-order valence-corrected chi connectivity index (χ4v) is 4.52. The molecule has 5 nitrogen and oxygen atoms in total. The van der Waals surface area contributed by atoms with Crippen LogP contribution in [0.3, 0.4) is 0 Å². The molecule has 0 saturated carbocycles. The number of aromatic nitrogens is 1. The van der Waals surface area contributed by atoms with Gasteiger partial charge >= 0.3 is 0 Å². The number of aromatic amines is 1. The van der Waals surface area contributed by atoms with Crippen molar-refractivity contribution in [3.8, 4) is 0 Å². The van der Waals surface area contributed by atoms with E-state index in [0.717, 1.165) is 22.2 Å². The van der Waals surface area contributed by atoms with Gasteiger partial charge in [-0.2, -0.15) is 0 Å². The highest BCUT2D eigenvalue weighted by molar-refractivity contribution is 7.91. The largest absolute Gasteiger partial charge is 0.358 e. The maximum atomic E-state index is 12.4. The Morgan fingerprint density at radius 1 is 1.33 bits per heavy atom. The first-order valence-electron chi connectivity index (χ1n) is 6.96. The smallest absolute Gasteiger partial charge is 0.253 e. The van der Waals surface area contributed by atoms with Crippen LogP contribution in [0, 0.1) is 13.8 Å². The van der Waals surface area contributed by atoms with Gasteiger partial charge in [0.05, 0.1) is 22.6 Å². The summed E-state index contributed by atoms with van der Waals surface area (Å²) in [7, 11) is -2.99. The second kappa shape index (κ2) is 4.87. The fraction of sp³-hybridized carbons (Fsp3) is 0.400. The molecule has 0 bridgehead atoms. The van der Waals surface area contributed by atoms with Crippen molar-refractivity contribution in [2.75, 3.05) is 11.5 Å². The van der Waals surface area contributed by atoms with Crippen molar-refractivity contribution < 1.29 is 13.2 Å². The number of carbonyl (C=O) groups is 1. The molecule has 1 aromatic carbocycles. The number of amides is 1. The average molecular weight is 306 g/mol. The van der Waals surface area contributed by atoms with E-state index >= 15 is 0 Å². The van der Waals surface area contributed by atoms with Gasteiger partial charge in [0.1, 0.15) is 0 Å². The Morgan fingerprint density at radius 2 is 2.10 bits per heavy atom. The Balaban J connectivity index is 1.90. The van der Waals surface area contributed by atoms with Gasteiger partial charge in [0.15, 0.2) is 9.84 Å². The molecule has 1 saturated heterocycles. The molecule has 21 heavy (non-hydrogen) atoms. The maximum Gasteiger partial charge on any atom is 0.253 e. The number of fused-ring (bicyclic) bond motifs is 1. The number of aryl methyl sites for hydroxylation is 2. The Kier molecular flexibility index (Phi) is 3.28. The van der Waals surface area contributed by atoms with Gasteiger partial charge in [-0.3, -0.25) is 4.79 Å². The van der Waals surface area contributed by atoms with Gasteiger partial charge < -0.3 is 10.3 Å². The lowest BCUT2D eigenvalue weighted by molar-refractivity contribution is 0.0942. The molecule has 2 aromatic rings. The summed E-state index contributed by atoms with van der Waals surface area (Å²) < 4.78 is 22.9. The third-order valence-corrected chi connectivity index (χ3v) is 5.92. The first-order valence-corrected chi connectivity index (χ1v) is 8.79.